The average Bonchev–Trinajstić information content (AvgIpc) is 2.98. The summed E-state index contributed by atoms with van der Waals surface area (Å²) in [5.74, 6) is 0.696. The first kappa shape index (κ1) is 12.4. The van der Waals surface area contributed by atoms with E-state index in [2.05, 4.69) is 20.9 Å². The highest BCUT2D eigenvalue weighted by atomic mass is 79.9. The normalized spacial score (nSPS) is 10.8. The lowest BCUT2D eigenvalue weighted by Crippen LogP contribution is -1.96. The molecule has 3 rings (SSSR count). The molecule has 6 heteroatoms. The largest absolute Gasteiger partial charge is 0.486 e. The van der Waals surface area contributed by atoms with Gasteiger partial charge in [-0.1, -0.05) is 0 Å². The molecule has 3 aromatic rings. The number of thiazole rings is 1. The van der Waals surface area contributed by atoms with Gasteiger partial charge in [0.05, 0.1) is 10.2 Å². The zero-order chi connectivity index (χ0) is 13.2. The Kier molecular flexibility index (Phi) is 3.35. The van der Waals surface area contributed by atoms with Crippen LogP contribution in [0.25, 0.3) is 4.96 Å². The van der Waals surface area contributed by atoms with E-state index in [4.69, 9.17) is 4.74 Å². The van der Waals surface area contributed by atoms with E-state index in [1.54, 1.807) is 29.5 Å². The monoisotopic (exact) mass is 336 g/mol. The second-order valence-corrected chi connectivity index (χ2v) is 5.65. The molecule has 0 saturated carbocycles. The Balaban J connectivity index is 1.75. The molecule has 1 aromatic carbocycles. The smallest absolute Gasteiger partial charge is 0.193 e. The number of aldehydes is 1. The summed E-state index contributed by atoms with van der Waals surface area (Å²) < 4.78 is 8.42. The van der Waals surface area contributed by atoms with Crippen LogP contribution in [0.3, 0.4) is 0 Å². The van der Waals surface area contributed by atoms with E-state index in [-0.39, 0.29) is 0 Å². The highest BCUT2D eigenvalue weighted by Crippen LogP contribution is 2.26. The Hall–Kier alpha value is -1.66. The van der Waals surface area contributed by atoms with E-state index in [0.717, 1.165) is 21.4 Å². The summed E-state index contributed by atoms with van der Waals surface area (Å²) in [5.41, 5.74) is 1.49. The second-order valence-electron chi connectivity index (χ2n) is 3.92. The van der Waals surface area contributed by atoms with Crippen LogP contribution in [0.4, 0.5) is 0 Å². The van der Waals surface area contributed by atoms with E-state index in [9.17, 15) is 4.79 Å². The molecule has 4 nitrogen and oxygen atoms in total. The fraction of sp³-hybridized carbons (Fsp3) is 0.0769. The number of benzene rings is 1. The number of hydrogen-bond acceptors (Lipinski definition) is 4. The molecule has 2 heterocycles. The topological polar surface area (TPSA) is 43.6 Å². The Morgan fingerprint density at radius 3 is 3.11 bits per heavy atom. The van der Waals surface area contributed by atoms with Crippen molar-refractivity contribution in [1.29, 1.82) is 0 Å². The minimum Gasteiger partial charge on any atom is -0.486 e. The summed E-state index contributed by atoms with van der Waals surface area (Å²) in [6.07, 6.45) is 4.71. The molecule has 0 spiro atoms. The molecule has 96 valence electrons. The maximum atomic E-state index is 10.6. The van der Waals surface area contributed by atoms with Crippen LogP contribution in [0.1, 0.15) is 16.1 Å². The molecule has 0 saturated heterocycles. The van der Waals surface area contributed by atoms with Gasteiger partial charge in [-0.25, -0.2) is 4.98 Å². The highest BCUT2D eigenvalue weighted by Gasteiger charge is 2.06. The quantitative estimate of drug-likeness (QED) is 0.684. The first-order valence-electron chi connectivity index (χ1n) is 5.55. The predicted octanol–water partition coefficient (Wildman–Crippen LogP) is 3.55. The van der Waals surface area contributed by atoms with Gasteiger partial charge in [-0.2, -0.15) is 0 Å². The number of hydrogen-bond donors (Lipinski definition) is 0. The van der Waals surface area contributed by atoms with Crippen LogP contribution in [-0.4, -0.2) is 15.7 Å². The SMILES string of the molecule is O=Cc1ccc(OCc2cn3ccsc3n2)c(Br)c1. The summed E-state index contributed by atoms with van der Waals surface area (Å²) >= 11 is 4.97. The number of carbonyl (C=O) groups is 1. The fourth-order valence-corrected chi connectivity index (χ4v) is 2.93. The third kappa shape index (κ3) is 2.54. The van der Waals surface area contributed by atoms with Crippen molar-refractivity contribution in [2.45, 2.75) is 6.61 Å². The van der Waals surface area contributed by atoms with E-state index in [1.165, 1.54) is 0 Å². The van der Waals surface area contributed by atoms with Gasteiger partial charge in [0.15, 0.2) is 4.96 Å². The maximum Gasteiger partial charge on any atom is 0.193 e. The standard InChI is InChI=1S/C13H9BrN2O2S/c14-11-5-9(7-17)1-2-12(11)18-8-10-6-16-3-4-19-13(16)15-10/h1-7H,8H2. The van der Waals surface area contributed by atoms with Crippen LogP contribution in [0, 0.1) is 0 Å². The number of carbonyl (C=O) groups excluding carboxylic acids is 1. The van der Waals surface area contributed by atoms with Crippen molar-refractivity contribution in [3.8, 4) is 5.75 Å². The van der Waals surface area contributed by atoms with Crippen molar-refractivity contribution in [2.24, 2.45) is 0 Å². The van der Waals surface area contributed by atoms with Crippen molar-refractivity contribution in [1.82, 2.24) is 9.38 Å². The van der Waals surface area contributed by atoms with Gasteiger partial charge in [-0.15, -0.1) is 11.3 Å². The van der Waals surface area contributed by atoms with Crippen LogP contribution in [-0.2, 0) is 6.61 Å². The molecular weight excluding hydrogens is 328 g/mol. The minimum absolute atomic E-state index is 0.396. The lowest BCUT2D eigenvalue weighted by molar-refractivity contribution is 0.112. The molecule has 0 radical (unpaired) electrons. The fourth-order valence-electron chi connectivity index (χ4n) is 1.70. The summed E-state index contributed by atoms with van der Waals surface area (Å²) in [6.45, 7) is 0.396. The van der Waals surface area contributed by atoms with Crippen LogP contribution < -0.4 is 4.74 Å². The molecule has 0 fully saturated rings. The zero-order valence-electron chi connectivity index (χ0n) is 9.75. The molecule has 0 bridgehead atoms. The van der Waals surface area contributed by atoms with Crippen molar-refractivity contribution in [3.63, 3.8) is 0 Å². The van der Waals surface area contributed by atoms with Crippen LogP contribution in [0.2, 0.25) is 0 Å². The van der Waals surface area contributed by atoms with Gasteiger partial charge in [0.1, 0.15) is 18.6 Å². The van der Waals surface area contributed by atoms with Gasteiger partial charge < -0.3 is 4.74 Å². The Labute approximate surface area is 121 Å². The molecule has 0 atom stereocenters. The van der Waals surface area contributed by atoms with Gasteiger partial charge in [0.25, 0.3) is 0 Å². The first-order chi connectivity index (χ1) is 9.26. The third-order valence-electron chi connectivity index (χ3n) is 2.61. The number of nitrogens with zero attached hydrogens (tertiary/aromatic N) is 2. The Morgan fingerprint density at radius 1 is 1.47 bits per heavy atom. The number of halogens is 1. The number of ether oxygens (including phenoxy) is 1. The summed E-state index contributed by atoms with van der Waals surface area (Å²) in [4.78, 5) is 16.0. The second kappa shape index (κ2) is 5.14. The maximum absolute atomic E-state index is 10.6. The molecule has 0 aliphatic carbocycles. The first-order valence-corrected chi connectivity index (χ1v) is 7.22. The Bertz CT molecular complexity index is 707. The Morgan fingerprint density at radius 2 is 2.37 bits per heavy atom. The number of fused-ring (bicyclic) bond motifs is 1. The number of imidazole rings is 1. The zero-order valence-corrected chi connectivity index (χ0v) is 12.1. The van der Waals surface area contributed by atoms with Crippen LogP contribution in [0.15, 0.2) is 40.4 Å². The molecule has 2 aromatic heterocycles. The van der Waals surface area contributed by atoms with Crippen molar-refractivity contribution < 1.29 is 9.53 Å². The van der Waals surface area contributed by atoms with Crippen molar-refractivity contribution >= 4 is 38.5 Å². The van der Waals surface area contributed by atoms with Crippen LogP contribution in [0.5, 0.6) is 5.75 Å². The number of aromatic nitrogens is 2. The van der Waals surface area contributed by atoms with Gasteiger partial charge >= 0.3 is 0 Å². The molecule has 0 unspecified atom stereocenters. The van der Waals surface area contributed by atoms with Crippen molar-refractivity contribution in [3.05, 3.63) is 51.7 Å². The van der Waals surface area contributed by atoms with Crippen molar-refractivity contribution in [2.75, 3.05) is 0 Å². The molecule has 0 aliphatic rings. The lowest BCUT2D eigenvalue weighted by atomic mass is 10.2. The third-order valence-corrected chi connectivity index (χ3v) is 4.00. The van der Waals surface area contributed by atoms with E-state index in [0.29, 0.717) is 17.9 Å². The van der Waals surface area contributed by atoms with E-state index in [1.807, 2.05) is 22.2 Å². The summed E-state index contributed by atoms with van der Waals surface area (Å²) in [5, 5.41) is 1.99. The van der Waals surface area contributed by atoms with Crippen LogP contribution >= 0.6 is 27.3 Å². The molecule has 19 heavy (non-hydrogen) atoms. The van der Waals surface area contributed by atoms with Gasteiger partial charge in [0, 0.05) is 23.3 Å². The lowest BCUT2D eigenvalue weighted by Gasteiger charge is -2.06. The summed E-state index contributed by atoms with van der Waals surface area (Å²) in [6, 6.07) is 5.22. The van der Waals surface area contributed by atoms with E-state index < -0.39 is 0 Å². The van der Waals surface area contributed by atoms with Gasteiger partial charge in [-0.3, -0.25) is 9.20 Å². The minimum atomic E-state index is 0.396. The van der Waals surface area contributed by atoms with Gasteiger partial charge in [-0.05, 0) is 34.1 Å². The number of rotatable bonds is 4. The molecule has 0 amide bonds. The molecular formula is C13H9BrN2O2S. The molecule has 0 aliphatic heterocycles. The van der Waals surface area contributed by atoms with Gasteiger partial charge in [0.2, 0.25) is 0 Å². The predicted molar refractivity (Wildman–Crippen MR) is 76.9 cm³/mol. The summed E-state index contributed by atoms with van der Waals surface area (Å²) in [7, 11) is 0. The van der Waals surface area contributed by atoms with E-state index >= 15 is 0 Å². The average molecular weight is 337 g/mol. The highest BCUT2D eigenvalue weighted by molar-refractivity contribution is 9.10. The molecule has 0 N–H and O–H groups in total.